The van der Waals surface area contributed by atoms with E-state index in [9.17, 15) is 9.59 Å². The number of thiol groups is 2. The topological polar surface area (TPSA) is 52.6 Å². The quantitative estimate of drug-likeness (QED) is 0.428. The van der Waals surface area contributed by atoms with Crippen LogP contribution >= 0.6 is 25.3 Å². The van der Waals surface area contributed by atoms with E-state index < -0.39 is 36.8 Å². The maximum atomic E-state index is 10.9. The fourth-order valence-electron chi connectivity index (χ4n) is 0.676. The van der Waals surface area contributed by atoms with E-state index in [0.717, 1.165) is 0 Å². The molecule has 72 valence electrons. The van der Waals surface area contributed by atoms with Crippen LogP contribution in [-0.4, -0.2) is 33.8 Å². The van der Waals surface area contributed by atoms with E-state index in [2.05, 4.69) is 34.7 Å². The first-order valence-electron chi connectivity index (χ1n) is 3.54. The molecule has 0 bridgehead atoms. The van der Waals surface area contributed by atoms with Crippen LogP contribution in [0.4, 0.5) is 0 Å². The Kier molecular flexibility index (Phi) is 6.81. The third kappa shape index (κ3) is 4.88. The minimum absolute atomic E-state index is 0.397. The Bertz CT molecular complexity index is 179. The Morgan fingerprint density at radius 1 is 1.08 bits per heavy atom. The molecule has 0 rings (SSSR count). The van der Waals surface area contributed by atoms with Gasteiger partial charge in [0.1, 0.15) is 0 Å². The van der Waals surface area contributed by atoms with Gasteiger partial charge in [-0.1, -0.05) is 0 Å². The molecule has 0 aliphatic heterocycles. The second-order valence-electron chi connectivity index (χ2n) is 2.31. The summed E-state index contributed by atoms with van der Waals surface area (Å²) in [5.74, 6) is -0.794. The van der Waals surface area contributed by atoms with Crippen LogP contribution in [0.5, 0.6) is 0 Å². The molecule has 0 spiro atoms. The van der Waals surface area contributed by atoms with E-state index >= 15 is 0 Å². The Labute approximate surface area is 95.1 Å². The molecule has 0 aromatic heterocycles. The van der Waals surface area contributed by atoms with Crippen LogP contribution in [0.2, 0.25) is 0 Å². The first-order chi connectivity index (χ1) is 6.02. The third-order valence-corrected chi connectivity index (χ3v) is 7.28. The van der Waals surface area contributed by atoms with E-state index in [4.69, 9.17) is 0 Å². The van der Waals surface area contributed by atoms with E-state index in [-0.39, 0.29) is 0 Å². The molecule has 4 nitrogen and oxygen atoms in total. The molecule has 0 aliphatic carbocycles. The minimum atomic E-state index is -1.52. The van der Waals surface area contributed by atoms with E-state index in [1.807, 2.05) is 0 Å². The summed E-state index contributed by atoms with van der Waals surface area (Å²) in [5, 5.41) is 0. The first-order valence-corrected chi connectivity index (χ1v) is 8.00. The molecule has 0 aromatic rings. The van der Waals surface area contributed by atoms with Crippen molar-refractivity contribution in [2.75, 3.05) is 14.2 Å². The Morgan fingerprint density at radius 2 is 1.38 bits per heavy atom. The number of rotatable bonds is 4. The zero-order valence-corrected chi connectivity index (χ0v) is 12.1. The molecule has 2 atom stereocenters. The van der Waals surface area contributed by atoms with E-state index in [0.29, 0.717) is 0 Å². The molecule has 0 heterocycles. The molecule has 0 aliphatic rings. The first kappa shape index (κ1) is 13.3. The fourth-order valence-corrected chi connectivity index (χ4v) is 6.34. The number of ether oxygens (including phenoxy) is 2. The summed E-state index contributed by atoms with van der Waals surface area (Å²) in [5.41, 5.74) is 0. The van der Waals surface area contributed by atoms with Gasteiger partial charge in [0, 0.05) is 0 Å². The monoisotopic (exact) mass is 274 g/mol. The average molecular weight is 276 g/mol. The summed E-state index contributed by atoms with van der Waals surface area (Å²) >= 11 is 6.54. The van der Waals surface area contributed by atoms with Crippen molar-refractivity contribution in [2.45, 2.75) is 7.69 Å². The number of methoxy groups -OCH3 is 2. The molecule has 0 N–H and O–H groups in total. The third-order valence-electron chi connectivity index (χ3n) is 1.39. The molecule has 0 saturated carbocycles. The van der Waals surface area contributed by atoms with Crippen LogP contribution in [0.25, 0.3) is 0 Å². The number of carbonyl (C=O) groups is 2. The van der Waals surface area contributed by atoms with Gasteiger partial charge in [-0.3, -0.25) is 0 Å². The molecule has 0 amide bonds. The number of carbonyl (C=O) groups excluding carboxylic acids is 2. The second-order valence-corrected chi connectivity index (χ2v) is 10.9. The molecule has 0 saturated heterocycles. The van der Waals surface area contributed by atoms with Crippen molar-refractivity contribution in [2.24, 2.45) is 0 Å². The van der Waals surface area contributed by atoms with Crippen LogP contribution < -0.4 is 0 Å². The molecule has 0 aromatic carbocycles. The number of hydrogen-bond acceptors (Lipinski definition) is 6. The van der Waals surface area contributed by atoms with Gasteiger partial charge in [-0.25, -0.2) is 0 Å². The van der Waals surface area contributed by atoms with Gasteiger partial charge in [-0.15, -0.1) is 0 Å². The molecule has 0 fully saturated rings. The molecule has 13 heavy (non-hydrogen) atoms. The van der Waals surface area contributed by atoms with Gasteiger partial charge in [0.25, 0.3) is 0 Å². The van der Waals surface area contributed by atoms with Gasteiger partial charge in [-0.2, -0.15) is 0 Å². The van der Waals surface area contributed by atoms with Crippen LogP contribution in [0.3, 0.4) is 0 Å². The van der Waals surface area contributed by atoms with Crippen molar-refractivity contribution >= 4 is 37.2 Å². The van der Waals surface area contributed by atoms with Crippen molar-refractivity contribution in [1.82, 2.24) is 0 Å². The van der Waals surface area contributed by atoms with Crippen molar-refractivity contribution in [3.8, 4) is 0 Å². The SMILES string of the molecule is COC(=O)[CH](S)[Zn][CH](S)C(=O)OC. The van der Waals surface area contributed by atoms with Crippen LogP contribution in [0.1, 0.15) is 0 Å². The van der Waals surface area contributed by atoms with Gasteiger partial charge in [0.05, 0.1) is 0 Å². The molecule has 7 heteroatoms. The second kappa shape index (κ2) is 6.68. The summed E-state index contributed by atoms with van der Waals surface area (Å²) in [6.07, 6.45) is 0. The van der Waals surface area contributed by atoms with Crippen molar-refractivity contribution < 1.29 is 36.2 Å². The number of esters is 2. The predicted molar refractivity (Wildman–Crippen MR) is 49.6 cm³/mol. The van der Waals surface area contributed by atoms with Crippen LogP contribution in [0.15, 0.2) is 0 Å². The zero-order chi connectivity index (χ0) is 10.4. The normalized spacial score (nSPS) is 13.8. The maximum absolute atomic E-state index is 10.9. The molecular formula is C6H10O4S2Zn. The van der Waals surface area contributed by atoms with Gasteiger partial charge in [0.15, 0.2) is 0 Å². The Balaban J connectivity index is 3.98. The summed E-state index contributed by atoms with van der Waals surface area (Å²) in [4.78, 5) is 21.8. The van der Waals surface area contributed by atoms with Gasteiger partial charge in [-0.05, 0) is 0 Å². The molecule has 0 radical (unpaired) electrons. The molecule has 2 unspecified atom stereocenters. The number of hydrogen-bond donors (Lipinski definition) is 2. The average Bonchev–Trinajstić information content (AvgIpc) is 2.14. The van der Waals surface area contributed by atoms with Crippen molar-refractivity contribution in [3.63, 3.8) is 0 Å². The standard InChI is InChI=1S/2C3H5O2S.Zn/c2*1-5-3(4)2-6;/h2*2,6H,1H3;. The van der Waals surface area contributed by atoms with Crippen LogP contribution in [-0.2, 0) is 36.2 Å². The van der Waals surface area contributed by atoms with E-state index in [1.165, 1.54) is 14.2 Å². The Hall–Kier alpha value is 0.263. The van der Waals surface area contributed by atoms with Crippen molar-refractivity contribution in [1.29, 1.82) is 0 Å². The Morgan fingerprint density at radius 3 is 1.62 bits per heavy atom. The van der Waals surface area contributed by atoms with Crippen molar-refractivity contribution in [3.05, 3.63) is 0 Å². The summed E-state index contributed by atoms with van der Waals surface area (Å²) in [6, 6.07) is 0. The zero-order valence-electron chi connectivity index (χ0n) is 7.39. The summed E-state index contributed by atoms with van der Waals surface area (Å²) in [7, 11) is 2.58. The van der Waals surface area contributed by atoms with Crippen LogP contribution in [0, 0.1) is 0 Å². The van der Waals surface area contributed by atoms with Gasteiger partial charge in [0.2, 0.25) is 0 Å². The summed E-state index contributed by atoms with van der Waals surface area (Å²) in [6.45, 7) is 0. The predicted octanol–water partition coefficient (Wildman–Crippen LogP) is -0.0733. The van der Waals surface area contributed by atoms with Gasteiger partial charge >= 0.3 is 95.3 Å². The van der Waals surface area contributed by atoms with E-state index in [1.54, 1.807) is 0 Å². The summed E-state index contributed by atoms with van der Waals surface area (Å²) < 4.78 is 8.03. The fraction of sp³-hybridized carbons (Fsp3) is 0.667. The molecular weight excluding hydrogens is 266 g/mol. The van der Waals surface area contributed by atoms with Gasteiger partial charge < -0.3 is 0 Å².